The van der Waals surface area contributed by atoms with E-state index in [4.69, 9.17) is 13.9 Å². The maximum atomic E-state index is 12.3. The molecule has 1 aromatic carbocycles. The van der Waals surface area contributed by atoms with Crippen molar-refractivity contribution in [2.75, 3.05) is 0 Å². The summed E-state index contributed by atoms with van der Waals surface area (Å²) in [7, 11) is 0. The van der Waals surface area contributed by atoms with Crippen LogP contribution in [0.25, 0.3) is 11.0 Å². The smallest absolute Gasteiger partial charge is 0.336 e. The van der Waals surface area contributed by atoms with Crippen molar-refractivity contribution in [3.05, 3.63) is 33.2 Å². The fourth-order valence-electron chi connectivity index (χ4n) is 4.28. The number of ether oxygens (including phenoxy) is 2. The third kappa shape index (κ3) is 2.83. The molecule has 0 amide bonds. The van der Waals surface area contributed by atoms with Crippen LogP contribution in [-0.2, 0) is 12.8 Å². The number of hydrogen-bond donors (Lipinski definition) is 1. The number of aryl methyl sites for hydroxylation is 1. The second-order valence-electron chi connectivity index (χ2n) is 8.58. The lowest BCUT2D eigenvalue weighted by atomic mass is 9.83. The van der Waals surface area contributed by atoms with E-state index in [1.165, 1.54) is 0 Å². The molecule has 3 atom stereocenters. The predicted octanol–water partition coefficient (Wildman–Crippen LogP) is 4.30. The molecule has 5 heteroatoms. The lowest BCUT2D eigenvalue weighted by molar-refractivity contribution is 0.0151. The van der Waals surface area contributed by atoms with Gasteiger partial charge in [-0.05, 0) is 45.6 Å². The third-order valence-corrected chi connectivity index (χ3v) is 6.02. The van der Waals surface area contributed by atoms with Crippen molar-refractivity contribution in [2.24, 2.45) is 5.92 Å². The number of aliphatic hydroxyl groups excluding tert-OH is 1. The summed E-state index contributed by atoms with van der Waals surface area (Å²) in [4.78, 5) is 12.3. The van der Waals surface area contributed by atoms with Gasteiger partial charge in [-0.2, -0.15) is 0 Å². The van der Waals surface area contributed by atoms with Crippen LogP contribution in [-0.4, -0.2) is 16.8 Å². The molecule has 0 saturated carbocycles. The van der Waals surface area contributed by atoms with Gasteiger partial charge in [-0.1, -0.05) is 20.3 Å². The molecule has 0 radical (unpaired) electrons. The SMILES string of the molecule is CCCc1cc(=O)oc2c3c(c4c(c12)OC(C)(C)CC4)O[C@H](C)C(C)C3O. The minimum Gasteiger partial charge on any atom is -0.489 e. The van der Waals surface area contributed by atoms with Crippen molar-refractivity contribution in [3.63, 3.8) is 0 Å². The predicted molar refractivity (Wildman–Crippen MR) is 104 cm³/mol. The van der Waals surface area contributed by atoms with Gasteiger partial charge in [0.2, 0.25) is 0 Å². The Bertz CT molecular complexity index is 956. The van der Waals surface area contributed by atoms with E-state index in [2.05, 4.69) is 20.8 Å². The molecular formula is C22H28O5. The molecule has 2 aliphatic rings. The topological polar surface area (TPSA) is 68.9 Å². The maximum absolute atomic E-state index is 12.3. The van der Waals surface area contributed by atoms with Crippen LogP contribution in [0.5, 0.6) is 11.5 Å². The minimum absolute atomic E-state index is 0.0974. The molecule has 0 fully saturated rings. The van der Waals surface area contributed by atoms with Crippen LogP contribution < -0.4 is 15.1 Å². The van der Waals surface area contributed by atoms with E-state index in [1.807, 2.05) is 13.8 Å². The maximum Gasteiger partial charge on any atom is 0.336 e. The van der Waals surface area contributed by atoms with Gasteiger partial charge in [0.1, 0.15) is 23.2 Å². The first kappa shape index (κ1) is 18.4. The fourth-order valence-corrected chi connectivity index (χ4v) is 4.28. The highest BCUT2D eigenvalue weighted by atomic mass is 16.5. The zero-order valence-electron chi connectivity index (χ0n) is 16.7. The van der Waals surface area contributed by atoms with Gasteiger partial charge < -0.3 is 19.0 Å². The normalized spacial score (nSPS) is 26.1. The monoisotopic (exact) mass is 372 g/mol. The Hall–Kier alpha value is -2.01. The summed E-state index contributed by atoms with van der Waals surface area (Å²) in [5.41, 5.74) is 2.22. The van der Waals surface area contributed by atoms with E-state index in [1.54, 1.807) is 6.07 Å². The molecule has 0 spiro atoms. The Kier molecular flexibility index (Phi) is 4.26. The Labute approximate surface area is 159 Å². The molecule has 1 N–H and O–H groups in total. The number of benzene rings is 1. The van der Waals surface area contributed by atoms with Crippen LogP contribution in [0.4, 0.5) is 0 Å². The van der Waals surface area contributed by atoms with E-state index in [-0.39, 0.29) is 17.6 Å². The Morgan fingerprint density at radius 1 is 1.26 bits per heavy atom. The second kappa shape index (κ2) is 6.26. The average molecular weight is 372 g/mol. The molecule has 1 aromatic heterocycles. The highest BCUT2D eigenvalue weighted by Gasteiger charge is 2.41. The molecule has 2 aromatic rings. The highest BCUT2D eigenvalue weighted by Crippen LogP contribution is 2.52. The summed E-state index contributed by atoms with van der Waals surface area (Å²) in [6.45, 7) is 10.1. The molecule has 0 saturated heterocycles. The number of aliphatic hydroxyl groups is 1. The van der Waals surface area contributed by atoms with Gasteiger partial charge in [-0.15, -0.1) is 0 Å². The summed E-state index contributed by atoms with van der Waals surface area (Å²) in [6, 6.07) is 1.56. The molecule has 27 heavy (non-hydrogen) atoms. The minimum atomic E-state index is -0.744. The number of hydrogen-bond acceptors (Lipinski definition) is 5. The molecule has 0 bridgehead atoms. The van der Waals surface area contributed by atoms with E-state index in [0.29, 0.717) is 16.9 Å². The zero-order chi connectivity index (χ0) is 19.5. The van der Waals surface area contributed by atoms with Gasteiger partial charge in [0.15, 0.2) is 5.58 Å². The Morgan fingerprint density at radius 2 is 2.00 bits per heavy atom. The second-order valence-corrected chi connectivity index (χ2v) is 8.58. The van der Waals surface area contributed by atoms with Gasteiger partial charge in [-0.25, -0.2) is 4.79 Å². The molecule has 5 nitrogen and oxygen atoms in total. The van der Waals surface area contributed by atoms with Crippen LogP contribution in [0, 0.1) is 5.92 Å². The molecule has 2 aliphatic heterocycles. The van der Waals surface area contributed by atoms with Gasteiger partial charge >= 0.3 is 5.63 Å². The van der Waals surface area contributed by atoms with Gasteiger partial charge in [-0.3, -0.25) is 0 Å². The number of rotatable bonds is 2. The van der Waals surface area contributed by atoms with Gasteiger partial charge in [0, 0.05) is 17.5 Å². The molecule has 4 rings (SSSR count). The van der Waals surface area contributed by atoms with Crippen LogP contribution in [0.2, 0.25) is 0 Å². The van der Waals surface area contributed by atoms with Gasteiger partial charge in [0.25, 0.3) is 0 Å². The van der Waals surface area contributed by atoms with Crippen LogP contribution in [0.1, 0.15) is 70.3 Å². The van der Waals surface area contributed by atoms with E-state index >= 15 is 0 Å². The third-order valence-electron chi connectivity index (χ3n) is 6.02. The summed E-state index contributed by atoms with van der Waals surface area (Å²) < 4.78 is 18.3. The molecule has 146 valence electrons. The van der Waals surface area contributed by atoms with Crippen molar-refractivity contribution in [2.45, 2.75) is 78.1 Å². The first-order chi connectivity index (χ1) is 12.7. The van der Waals surface area contributed by atoms with Crippen LogP contribution in [0.3, 0.4) is 0 Å². The molecule has 3 heterocycles. The van der Waals surface area contributed by atoms with Crippen molar-refractivity contribution in [1.82, 2.24) is 0 Å². The molecule has 2 unspecified atom stereocenters. The lowest BCUT2D eigenvalue weighted by Crippen LogP contribution is -2.36. The van der Waals surface area contributed by atoms with Gasteiger partial charge in [0.05, 0.1) is 17.1 Å². The summed E-state index contributed by atoms with van der Waals surface area (Å²) in [5.74, 6) is 1.30. The Balaban J connectivity index is 2.14. The molecule has 0 aliphatic carbocycles. The summed E-state index contributed by atoms with van der Waals surface area (Å²) in [5, 5.41) is 11.9. The first-order valence-electron chi connectivity index (χ1n) is 9.92. The van der Waals surface area contributed by atoms with Crippen molar-refractivity contribution in [1.29, 1.82) is 0 Å². The van der Waals surface area contributed by atoms with Crippen LogP contribution >= 0.6 is 0 Å². The van der Waals surface area contributed by atoms with E-state index in [0.717, 1.165) is 47.9 Å². The number of fused-ring (bicyclic) bond motifs is 6. The summed E-state index contributed by atoms with van der Waals surface area (Å²) in [6.07, 6.45) is 2.45. The Morgan fingerprint density at radius 3 is 2.70 bits per heavy atom. The van der Waals surface area contributed by atoms with E-state index in [9.17, 15) is 9.90 Å². The molecular weight excluding hydrogens is 344 g/mol. The summed E-state index contributed by atoms with van der Waals surface area (Å²) >= 11 is 0. The van der Waals surface area contributed by atoms with E-state index < -0.39 is 11.7 Å². The van der Waals surface area contributed by atoms with Crippen molar-refractivity contribution >= 4 is 11.0 Å². The average Bonchev–Trinajstić information content (AvgIpc) is 2.58. The zero-order valence-corrected chi connectivity index (χ0v) is 16.7. The van der Waals surface area contributed by atoms with Crippen LogP contribution in [0.15, 0.2) is 15.3 Å². The largest absolute Gasteiger partial charge is 0.489 e. The van der Waals surface area contributed by atoms with Crippen molar-refractivity contribution in [3.8, 4) is 11.5 Å². The van der Waals surface area contributed by atoms with Crippen molar-refractivity contribution < 1.29 is 19.0 Å². The quantitative estimate of drug-likeness (QED) is 0.796. The highest BCUT2D eigenvalue weighted by molar-refractivity contribution is 5.94. The fraction of sp³-hybridized carbons (Fsp3) is 0.591. The lowest BCUT2D eigenvalue weighted by Gasteiger charge is -2.39. The first-order valence-corrected chi connectivity index (χ1v) is 9.92. The standard InChI is InChI=1S/C22H28O5/c1-6-7-13-10-15(23)26-21-16(13)20-14(8-9-22(4,5)27-20)19-17(21)18(24)11(2)12(3)25-19/h10-12,18,24H,6-9H2,1-5H3/t11?,12-,18?/m1/s1.